The Morgan fingerprint density at radius 2 is 2.38 bits per heavy atom. The van der Waals surface area contributed by atoms with E-state index in [1.807, 2.05) is 6.92 Å². The van der Waals surface area contributed by atoms with Gasteiger partial charge in [-0.15, -0.1) is 0 Å². The molecule has 0 saturated carbocycles. The number of aliphatic hydroxyl groups is 1. The molecule has 2 atom stereocenters. The molecule has 2 N–H and O–H groups in total. The van der Waals surface area contributed by atoms with Crippen molar-refractivity contribution in [3.63, 3.8) is 0 Å². The third kappa shape index (κ3) is 3.73. The minimum absolute atomic E-state index is 0.0289. The maximum Gasteiger partial charge on any atom is 0.236 e. The molecule has 1 fully saturated rings. The molecule has 2 unspecified atom stereocenters. The zero-order valence-corrected chi connectivity index (χ0v) is 10.1. The van der Waals surface area contributed by atoms with E-state index in [9.17, 15) is 4.79 Å². The van der Waals surface area contributed by atoms with Crippen LogP contribution >= 0.6 is 0 Å². The quantitative estimate of drug-likeness (QED) is 0.631. The highest BCUT2D eigenvalue weighted by Gasteiger charge is 2.28. The largest absolute Gasteiger partial charge is 0.394 e. The molecule has 0 spiro atoms. The lowest BCUT2D eigenvalue weighted by Crippen LogP contribution is -2.54. The summed E-state index contributed by atoms with van der Waals surface area (Å²) < 4.78 is 5.38. The summed E-state index contributed by atoms with van der Waals surface area (Å²) in [6.45, 7) is 6.22. The Kier molecular flexibility index (Phi) is 5.73. The summed E-state index contributed by atoms with van der Waals surface area (Å²) >= 11 is 0. The first-order valence-electron chi connectivity index (χ1n) is 5.91. The molecule has 1 aliphatic rings. The highest BCUT2D eigenvalue weighted by Crippen LogP contribution is 2.11. The molecule has 16 heavy (non-hydrogen) atoms. The molecule has 94 valence electrons. The van der Waals surface area contributed by atoms with E-state index in [1.54, 1.807) is 4.90 Å². The predicted octanol–water partition coefficient (Wildman–Crippen LogP) is -0.406. The van der Waals surface area contributed by atoms with Crippen LogP contribution in [-0.2, 0) is 9.53 Å². The van der Waals surface area contributed by atoms with E-state index in [1.165, 1.54) is 0 Å². The molecule has 0 bridgehead atoms. The standard InChI is InChI=1S/C11H22N2O3/c1-3-4-12-5-11(15)13-6-10(7-14)16-8-9(13)2/h9-10,12,14H,3-8H2,1-2H3. The second-order valence-electron chi connectivity index (χ2n) is 4.21. The number of carbonyl (C=O) groups excluding carboxylic acids is 1. The van der Waals surface area contributed by atoms with Crippen LogP contribution in [-0.4, -0.2) is 60.9 Å². The first-order chi connectivity index (χ1) is 7.69. The van der Waals surface area contributed by atoms with Crippen molar-refractivity contribution < 1.29 is 14.6 Å². The molecule has 0 radical (unpaired) electrons. The Bertz CT molecular complexity index is 223. The molecule has 0 aromatic heterocycles. The van der Waals surface area contributed by atoms with Gasteiger partial charge in [-0.2, -0.15) is 0 Å². The summed E-state index contributed by atoms with van der Waals surface area (Å²) in [5, 5.41) is 12.1. The summed E-state index contributed by atoms with van der Waals surface area (Å²) in [7, 11) is 0. The Balaban J connectivity index is 2.39. The topological polar surface area (TPSA) is 61.8 Å². The maximum atomic E-state index is 11.9. The highest BCUT2D eigenvalue weighted by molar-refractivity contribution is 5.78. The number of hydrogen-bond donors (Lipinski definition) is 2. The summed E-state index contributed by atoms with van der Waals surface area (Å²) in [5.41, 5.74) is 0. The molecule has 1 rings (SSSR count). The van der Waals surface area contributed by atoms with Gasteiger partial charge in [0.2, 0.25) is 5.91 Å². The van der Waals surface area contributed by atoms with Crippen LogP contribution < -0.4 is 5.32 Å². The van der Waals surface area contributed by atoms with Gasteiger partial charge >= 0.3 is 0 Å². The molecule has 0 aromatic rings. The zero-order valence-electron chi connectivity index (χ0n) is 10.1. The number of amides is 1. The Hall–Kier alpha value is -0.650. The summed E-state index contributed by atoms with van der Waals surface area (Å²) in [6, 6.07) is 0.0960. The van der Waals surface area contributed by atoms with Gasteiger partial charge in [0, 0.05) is 6.54 Å². The van der Waals surface area contributed by atoms with Crippen molar-refractivity contribution in [1.29, 1.82) is 0 Å². The molecular weight excluding hydrogens is 208 g/mol. The van der Waals surface area contributed by atoms with E-state index >= 15 is 0 Å². The van der Waals surface area contributed by atoms with Crippen LogP contribution in [0.5, 0.6) is 0 Å². The molecule has 1 amide bonds. The van der Waals surface area contributed by atoms with Gasteiger partial charge in [-0.3, -0.25) is 4.79 Å². The Morgan fingerprint density at radius 1 is 1.62 bits per heavy atom. The number of rotatable bonds is 5. The number of hydrogen-bond acceptors (Lipinski definition) is 4. The number of carbonyl (C=O) groups is 1. The van der Waals surface area contributed by atoms with Crippen LogP contribution in [0.3, 0.4) is 0 Å². The highest BCUT2D eigenvalue weighted by atomic mass is 16.5. The van der Waals surface area contributed by atoms with Crippen LogP contribution in [0.4, 0.5) is 0 Å². The van der Waals surface area contributed by atoms with Crippen molar-refractivity contribution in [2.24, 2.45) is 0 Å². The Labute approximate surface area is 96.8 Å². The summed E-state index contributed by atoms with van der Waals surface area (Å²) in [5.74, 6) is 0.0858. The van der Waals surface area contributed by atoms with Crippen molar-refractivity contribution in [3.8, 4) is 0 Å². The zero-order chi connectivity index (χ0) is 12.0. The van der Waals surface area contributed by atoms with E-state index in [-0.39, 0.29) is 24.7 Å². The normalized spacial score (nSPS) is 25.8. The molecule has 1 heterocycles. The first kappa shape index (κ1) is 13.4. The number of ether oxygens (including phenoxy) is 1. The lowest BCUT2D eigenvalue weighted by Gasteiger charge is -2.37. The van der Waals surface area contributed by atoms with Crippen LogP contribution in [0.1, 0.15) is 20.3 Å². The number of aliphatic hydroxyl groups excluding tert-OH is 1. The van der Waals surface area contributed by atoms with E-state index in [2.05, 4.69) is 12.2 Å². The summed E-state index contributed by atoms with van der Waals surface area (Å²) in [4.78, 5) is 13.7. The van der Waals surface area contributed by atoms with E-state index < -0.39 is 0 Å². The van der Waals surface area contributed by atoms with Gasteiger partial charge in [-0.1, -0.05) is 6.92 Å². The predicted molar refractivity (Wildman–Crippen MR) is 61.2 cm³/mol. The van der Waals surface area contributed by atoms with Crippen LogP contribution in [0.25, 0.3) is 0 Å². The van der Waals surface area contributed by atoms with E-state index in [0.717, 1.165) is 13.0 Å². The molecular formula is C11H22N2O3. The maximum absolute atomic E-state index is 11.9. The fraction of sp³-hybridized carbons (Fsp3) is 0.909. The smallest absolute Gasteiger partial charge is 0.236 e. The number of nitrogens with one attached hydrogen (secondary N) is 1. The minimum Gasteiger partial charge on any atom is -0.394 e. The molecule has 1 aliphatic heterocycles. The van der Waals surface area contributed by atoms with Crippen molar-refractivity contribution in [2.75, 3.05) is 32.8 Å². The van der Waals surface area contributed by atoms with Crippen LogP contribution in [0, 0.1) is 0 Å². The van der Waals surface area contributed by atoms with Gasteiger partial charge < -0.3 is 20.1 Å². The van der Waals surface area contributed by atoms with Crippen LogP contribution in [0.15, 0.2) is 0 Å². The number of nitrogens with zero attached hydrogens (tertiary/aromatic N) is 1. The average molecular weight is 230 g/mol. The molecule has 5 heteroatoms. The molecule has 5 nitrogen and oxygen atoms in total. The molecule has 0 aliphatic carbocycles. The second kappa shape index (κ2) is 6.83. The van der Waals surface area contributed by atoms with Gasteiger partial charge in [0.05, 0.1) is 31.9 Å². The summed E-state index contributed by atoms with van der Waals surface area (Å²) in [6.07, 6.45) is 0.789. The van der Waals surface area contributed by atoms with Crippen molar-refractivity contribution in [2.45, 2.75) is 32.4 Å². The third-order valence-corrected chi connectivity index (χ3v) is 2.73. The lowest BCUT2D eigenvalue weighted by atomic mass is 10.2. The average Bonchev–Trinajstić information content (AvgIpc) is 2.30. The van der Waals surface area contributed by atoms with Crippen molar-refractivity contribution in [3.05, 3.63) is 0 Å². The Morgan fingerprint density at radius 3 is 3.00 bits per heavy atom. The van der Waals surface area contributed by atoms with Crippen LogP contribution in [0.2, 0.25) is 0 Å². The molecule has 1 saturated heterocycles. The van der Waals surface area contributed by atoms with Crippen molar-refractivity contribution in [1.82, 2.24) is 10.2 Å². The van der Waals surface area contributed by atoms with Gasteiger partial charge in [-0.25, -0.2) is 0 Å². The monoisotopic (exact) mass is 230 g/mol. The molecule has 0 aromatic carbocycles. The van der Waals surface area contributed by atoms with E-state index in [0.29, 0.717) is 19.7 Å². The third-order valence-electron chi connectivity index (χ3n) is 2.73. The van der Waals surface area contributed by atoms with Gasteiger partial charge in [0.15, 0.2) is 0 Å². The SMILES string of the molecule is CCCNCC(=O)N1CC(CO)OCC1C. The van der Waals surface area contributed by atoms with Gasteiger partial charge in [0.1, 0.15) is 0 Å². The fourth-order valence-corrected chi connectivity index (χ4v) is 1.75. The fourth-order valence-electron chi connectivity index (χ4n) is 1.75. The lowest BCUT2D eigenvalue weighted by molar-refractivity contribution is -0.145. The number of morpholine rings is 1. The van der Waals surface area contributed by atoms with Gasteiger partial charge in [0.25, 0.3) is 0 Å². The first-order valence-corrected chi connectivity index (χ1v) is 5.91. The van der Waals surface area contributed by atoms with Crippen molar-refractivity contribution >= 4 is 5.91 Å². The second-order valence-corrected chi connectivity index (χ2v) is 4.21. The van der Waals surface area contributed by atoms with Gasteiger partial charge in [-0.05, 0) is 19.9 Å². The minimum atomic E-state index is -0.230. The van der Waals surface area contributed by atoms with E-state index in [4.69, 9.17) is 9.84 Å².